The van der Waals surface area contributed by atoms with Crippen LogP contribution in [0.2, 0.25) is 5.02 Å². The summed E-state index contributed by atoms with van der Waals surface area (Å²) in [7, 11) is 0. The Hall–Kier alpha value is -1.88. The number of amides is 3. The summed E-state index contributed by atoms with van der Waals surface area (Å²) in [5, 5.41) is 2.92. The molecule has 1 aliphatic heterocycles. The van der Waals surface area contributed by atoms with Gasteiger partial charge in [-0.1, -0.05) is 11.6 Å². The maximum atomic E-state index is 12.0. The van der Waals surface area contributed by atoms with Gasteiger partial charge in [-0.05, 0) is 18.2 Å². The van der Waals surface area contributed by atoms with Crippen molar-refractivity contribution < 1.29 is 14.4 Å². The fourth-order valence-electron chi connectivity index (χ4n) is 1.61. The Bertz CT molecular complexity index is 527. The molecule has 0 spiro atoms. The van der Waals surface area contributed by atoms with Gasteiger partial charge in [0.25, 0.3) is 5.91 Å². The standard InChI is InChI=1S/C11H9ClN2O3/c1-6(15)14-5-10(16)13-9-3-2-7(12)4-8(9)11(14)17/h2-4H,5H2,1H3,(H,13,16). The molecule has 17 heavy (non-hydrogen) atoms. The number of anilines is 1. The third-order valence-electron chi connectivity index (χ3n) is 2.41. The van der Waals surface area contributed by atoms with Crippen molar-refractivity contribution in [2.75, 3.05) is 11.9 Å². The minimum absolute atomic E-state index is 0.221. The van der Waals surface area contributed by atoms with Gasteiger partial charge < -0.3 is 5.32 Å². The Balaban J connectivity index is 2.55. The first-order valence-electron chi connectivity index (χ1n) is 4.91. The van der Waals surface area contributed by atoms with Gasteiger partial charge in [0.05, 0.1) is 11.3 Å². The summed E-state index contributed by atoms with van der Waals surface area (Å²) >= 11 is 5.79. The van der Waals surface area contributed by atoms with Crippen LogP contribution in [0.1, 0.15) is 17.3 Å². The average molecular weight is 253 g/mol. The molecule has 3 amide bonds. The van der Waals surface area contributed by atoms with Crippen LogP contribution in [0.3, 0.4) is 0 Å². The minimum atomic E-state index is -0.520. The lowest BCUT2D eigenvalue weighted by molar-refractivity contribution is -0.130. The predicted molar refractivity (Wildman–Crippen MR) is 61.8 cm³/mol. The van der Waals surface area contributed by atoms with Gasteiger partial charge >= 0.3 is 0 Å². The number of nitrogens with zero attached hydrogens (tertiary/aromatic N) is 1. The number of hydrogen-bond acceptors (Lipinski definition) is 3. The zero-order chi connectivity index (χ0) is 12.6. The van der Waals surface area contributed by atoms with E-state index in [0.29, 0.717) is 10.7 Å². The predicted octanol–water partition coefficient (Wildman–Crippen LogP) is 1.28. The van der Waals surface area contributed by atoms with Crippen molar-refractivity contribution in [2.24, 2.45) is 0 Å². The van der Waals surface area contributed by atoms with E-state index in [1.54, 1.807) is 6.07 Å². The number of rotatable bonds is 0. The molecule has 1 aliphatic rings. The molecule has 0 saturated heterocycles. The van der Waals surface area contributed by atoms with Crippen molar-refractivity contribution in [2.45, 2.75) is 6.92 Å². The maximum absolute atomic E-state index is 12.0. The van der Waals surface area contributed by atoms with Crippen molar-refractivity contribution in [3.8, 4) is 0 Å². The fourth-order valence-corrected chi connectivity index (χ4v) is 1.78. The second kappa shape index (κ2) is 4.18. The molecule has 88 valence electrons. The van der Waals surface area contributed by atoms with Gasteiger partial charge in [-0.15, -0.1) is 0 Å². The third-order valence-corrected chi connectivity index (χ3v) is 2.65. The molecular weight excluding hydrogens is 244 g/mol. The van der Waals surface area contributed by atoms with Crippen molar-refractivity contribution in [3.63, 3.8) is 0 Å². The monoisotopic (exact) mass is 252 g/mol. The van der Waals surface area contributed by atoms with Crippen LogP contribution >= 0.6 is 11.6 Å². The molecule has 0 fully saturated rings. The van der Waals surface area contributed by atoms with Gasteiger partial charge in [0, 0.05) is 11.9 Å². The SMILES string of the molecule is CC(=O)N1CC(=O)Nc2ccc(Cl)cc2C1=O. The average Bonchev–Trinajstić information content (AvgIpc) is 2.38. The molecule has 1 aromatic carbocycles. The van der Waals surface area contributed by atoms with E-state index in [2.05, 4.69) is 5.32 Å². The second-order valence-corrected chi connectivity index (χ2v) is 4.08. The molecule has 0 unspecified atom stereocenters. The zero-order valence-corrected chi connectivity index (χ0v) is 9.75. The van der Waals surface area contributed by atoms with Crippen LogP contribution in [0, 0.1) is 0 Å². The van der Waals surface area contributed by atoms with E-state index in [4.69, 9.17) is 11.6 Å². The van der Waals surface area contributed by atoms with Gasteiger partial charge in [-0.25, -0.2) is 0 Å². The molecule has 5 nitrogen and oxygen atoms in total. The molecule has 6 heteroatoms. The van der Waals surface area contributed by atoms with Crippen LogP contribution in [0.4, 0.5) is 5.69 Å². The molecule has 0 atom stereocenters. The molecular formula is C11H9ClN2O3. The summed E-state index contributed by atoms with van der Waals surface area (Å²) in [5.74, 6) is -1.40. The van der Waals surface area contributed by atoms with Gasteiger partial charge in [0.1, 0.15) is 6.54 Å². The largest absolute Gasteiger partial charge is 0.324 e. The molecule has 0 saturated carbocycles. The van der Waals surface area contributed by atoms with Gasteiger partial charge in [-0.2, -0.15) is 0 Å². The smallest absolute Gasteiger partial charge is 0.263 e. The van der Waals surface area contributed by atoms with E-state index >= 15 is 0 Å². The van der Waals surface area contributed by atoms with Crippen LogP contribution in [0.25, 0.3) is 0 Å². The molecule has 1 N–H and O–H groups in total. The van der Waals surface area contributed by atoms with Crippen LogP contribution in [-0.4, -0.2) is 29.2 Å². The van der Waals surface area contributed by atoms with E-state index in [9.17, 15) is 14.4 Å². The normalized spacial score (nSPS) is 15.1. The van der Waals surface area contributed by atoms with Crippen LogP contribution < -0.4 is 5.32 Å². The Morgan fingerprint density at radius 1 is 1.41 bits per heavy atom. The third kappa shape index (κ3) is 2.14. The summed E-state index contributed by atoms with van der Waals surface area (Å²) in [5.41, 5.74) is 0.590. The fraction of sp³-hybridized carbons (Fsp3) is 0.182. The zero-order valence-electron chi connectivity index (χ0n) is 8.99. The van der Waals surface area contributed by atoms with E-state index in [-0.39, 0.29) is 12.1 Å². The lowest BCUT2D eigenvalue weighted by Gasteiger charge is -2.14. The Morgan fingerprint density at radius 2 is 2.12 bits per heavy atom. The van der Waals surface area contributed by atoms with Gasteiger partial charge in [-0.3, -0.25) is 19.3 Å². The Morgan fingerprint density at radius 3 is 2.76 bits per heavy atom. The molecule has 1 heterocycles. The lowest BCUT2D eigenvalue weighted by Crippen LogP contribution is -2.38. The summed E-state index contributed by atoms with van der Waals surface area (Å²) in [6, 6.07) is 4.54. The first-order chi connectivity index (χ1) is 7.99. The summed E-state index contributed by atoms with van der Waals surface area (Å²) in [4.78, 5) is 35.7. The maximum Gasteiger partial charge on any atom is 0.263 e. The highest BCUT2D eigenvalue weighted by molar-refractivity contribution is 6.31. The van der Waals surface area contributed by atoms with E-state index in [0.717, 1.165) is 4.90 Å². The molecule has 0 aliphatic carbocycles. The van der Waals surface area contributed by atoms with E-state index < -0.39 is 17.7 Å². The van der Waals surface area contributed by atoms with Crippen LogP contribution in [0.5, 0.6) is 0 Å². The summed E-state index contributed by atoms with van der Waals surface area (Å²) in [6.45, 7) is 0.960. The van der Waals surface area contributed by atoms with Crippen LogP contribution in [0.15, 0.2) is 18.2 Å². The number of carbonyl (C=O) groups excluding carboxylic acids is 3. The molecule has 2 rings (SSSR count). The Labute approximate surface area is 102 Å². The highest BCUT2D eigenvalue weighted by Gasteiger charge is 2.28. The first-order valence-corrected chi connectivity index (χ1v) is 5.28. The molecule has 0 radical (unpaired) electrons. The number of benzene rings is 1. The molecule has 0 aromatic heterocycles. The van der Waals surface area contributed by atoms with Crippen molar-refractivity contribution in [1.29, 1.82) is 0 Å². The number of carbonyl (C=O) groups is 3. The Kier molecular flexibility index (Phi) is 2.85. The molecule has 1 aromatic rings. The first kappa shape index (κ1) is 11.6. The number of nitrogens with one attached hydrogen (secondary N) is 1. The number of imide groups is 1. The van der Waals surface area contributed by atoms with Crippen molar-refractivity contribution in [1.82, 2.24) is 4.90 Å². The highest BCUT2D eigenvalue weighted by Crippen LogP contribution is 2.24. The van der Waals surface area contributed by atoms with E-state index in [1.807, 2.05) is 0 Å². The summed E-state index contributed by atoms with van der Waals surface area (Å²) in [6.07, 6.45) is 0. The number of fused-ring (bicyclic) bond motifs is 1. The van der Waals surface area contributed by atoms with Crippen molar-refractivity contribution in [3.05, 3.63) is 28.8 Å². The van der Waals surface area contributed by atoms with Crippen LogP contribution in [-0.2, 0) is 9.59 Å². The van der Waals surface area contributed by atoms with Crippen molar-refractivity contribution >= 4 is 35.0 Å². The number of halogens is 1. The van der Waals surface area contributed by atoms with Gasteiger partial charge in [0.2, 0.25) is 11.8 Å². The second-order valence-electron chi connectivity index (χ2n) is 3.65. The highest BCUT2D eigenvalue weighted by atomic mass is 35.5. The lowest BCUT2D eigenvalue weighted by atomic mass is 10.1. The quantitative estimate of drug-likeness (QED) is 0.756. The molecule has 0 bridgehead atoms. The topological polar surface area (TPSA) is 66.5 Å². The summed E-state index contributed by atoms with van der Waals surface area (Å²) < 4.78 is 0. The minimum Gasteiger partial charge on any atom is -0.324 e. The van der Waals surface area contributed by atoms with Gasteiger partial charge in [0.15, 0.2) is 0 Å². The number of hydrogen-bond donors (Lipinski definition) is 1. The van der Waals surface area contributed by atoms with E-state index in [1.165, 1.54) is 19.1 Å².